The van der Waals surface area contributed by atoms with Gasteiger partial charge in [-0.3, -0.25) is 0 Å². The highest BCUT2D eigenvalue weighted by Crippen LogP contribution is 2.25. The molecule has 1 aliphatic carbocycles. The molecule has 4 heteroatoms. The van der Waals surface area contributed by atoms with Crippen LogP contribution in [0.2, 0.25) is 0 Å². The molecule has 13 heavy (non-hydrogen) atoms. The Morgan fingerprint density at radius 1 is 1.46 bits per heavy atom. The minimum absolute atomic E-state index is 0. The summed E-state index contributed by atoms with van der Waals surface area (Å²) in [7, 11) is 0. The molecule has 3 N–H and O–H groups in total. The normalized spacial score (nSPS) is 17.3. The van der Waals surface area contributed by atoms with Crippen molar-refractivity contribution in [1.82, 2.24) is 4.98 Å². The SMILES string of the molecule is Cc1c(N)[nH]c[n+]1C1CCCC1.[Cl-]. The summed E-state index contributed by atoms with van der Waals surface area (Å²) in [6.07, 6.45) is 7.34. The Balaban J connectivity index is 0.000000845. The van der Waals surface area contributed by atoms with Gasteiger partial charge in [-0.25, -0.2) is 9.55 Å². The van der Waals surface area contributed by atoms with Crippen molar-refractivity contribution in [3.63, 3.8) is 0 Å². The second-order valence-corrected chi connectivity index (χ2v) is 3.62. The highest BCUT2D eigenvalue weighted by molar-refractivity contribution is 5.28. The first-order chi connectivity index (χ1) is 5.79. The van der Waals surface area contributed by atoms with Crippen LogP contribution in [0.1, 0.15) is 37.4 Å². The van der Waals surface area contributed by atoms with E-state index < -0.39 is 0 Å². The molecule has 0 aliphatic heterocycles. The van der Waals surface area contributed by atoms with E-state index in [1.165, 1.54) is 31.4 Å². The summed E-state index contributed by atoms with van der Waals surface area (Å²) in [5.74, 6) is 0.807. The number of H-pyrrole nitrogens is 1. The first kappa shape index (κ1) is 10.4. The summed E-state index contributed by atoms with van der Waals surface area (Å²) in [5, 5.41) is 0. The van der Waals surface area contributed by atoms with Crippen LogP contribution in [0.3, 0.4) is 0 Å². The maximum atomic E-state index is 5.73. The summed E-state index contributed by atoms with van der Waals surface area (Å²) in [6, 6.07) is 0.693. The third-order valence-electron chi connectivity index (χ3n) is 2.85. The number of aromatic amines is 1. The Hall–Kier alpha value is -0.700. The van der Waals surface area contributed by atoms with Gasteiger partial charge in [0.15, 0.2) is 5.69 Å². The third kappa shape index (κ3) is 1.80. The van der Waals surface area contributed by atoms with Crippen LogP contribution in [0.25, 0.3) is 0 Å². The van der Waals surface area contributed by atoms with E-state index in [0.29, 0.717) is 6.04 Å². The van der Waals surface area contributed by atoms with Gasteiger partial charge in [-0.2, -0.15) is 0 Å². The molecule has 0 atom stereocenters. The molecule has 1 aromatic heterocycles. The zero-order valence-electron chi connectivity index (χ0n) is 7.89. The molecular formula is C9H16ClN3. The smallest absolute Gasteiger partial charge is 0.243 e. The van der Waals surface area contributed by atoms with Crippen LogP contribution in [0, 0.1) is 6.92 Å². The average Bonchev–Trinajstić information content (AvgIpc) is 2.64. The van der Waals surface area contributed by atoms with Crippen molar-refractivity contribution >= 4 is 5.82 Å². The van der Waals surface area contributed by atoms with E-state index >= 15 is 0 Å². The van der Waals surface area contributed by atoms with Crippen molar-refractivity contribution < 1.29 is 17.0 Å². The first-order valence-electron chi connectivity index (χ1n) is 4.63. The Morgan fingerprint density at radius 3 is 2.54 bits per heavy atom. The van der Waals surface area contributed by atoms with Crippen molar-refractivity contribution in [2.24, 2.45) is 0 Å². The zero-order chi connectivity index (χ0) is 8.55. The van der Waals surface area contributed by atoms with E-state index in [2.05, 4.69) is 16.5 Å². The number of hydrogen-bond acceptors (Lipinski definition) is 1. The fourth-order valence-electron chi connectivity index (χ4n) is 2.04. The summed E-state index contributed by atoms with van der Waals surface area (Å²) >= 11 is 0. The number of nitrogens with zero attached hydrogens (tertiary/aromatic N) is 1. The minimum atomic E-state index is 0. The van der Waals surface area contributed by atoms with Crippen molar-refractivity contribution in [2.75, 3.05) is 5.73 Å². The molecule has 1 aliphatic rings. The van der Waals surface area contributed by atoms with Crippen molar-refractivity contribution in [3.8, 4) is 0 Å². The molecule has 74 valence electrons. The van der Waals surface area contributed by atoms with E-state index in [0.717, 1.165) is 5.82 Å². The third-order valence-corrected chi connectivity index (χ3v) is 2.85. The van der Waals surface area contributed by atoms with Crippen molar-refractivity contribution in [1.29, 1.82) is 0 Å². The number of nitrogens with two attached hydrogens (primary N) is 1. The monoisotopic (exact) mass is 201 g/mol. The number of aromatic nitrogens is 2. The van der Waals surface area contributed by atoms with Gasteiger partial charge in [-0.05, 0) is 25.7 Å². The van der Waals surface area contributed by atoms with Crippen molar-refractivity contribution in [2.45, 2.75) is 38.6 Å². The van der Waals surface area contributed by atoms with Gasteiger partial charge < -0.3 is 18.1 Å². The molecule has 0 spiro atoms. The quantitative estimate of drug-likeness (QED) is 0.524. The van der Waals surface area contributed by atoms with Crippen LogP contribution < -0.4 is 22.7 Å². The Labute approximate surface area is 84.7 Å². The first-order valence-corrected chi connectivity index (χ1v) is 4.63. The summed E-state index contributed by atoms with van der Waals surface area (Å²) < 4.78 is 2.28. The van der Waals surface area contributed by atoms with E-state index in [1.54, 1.807) is 0 Å². The molecular weight excluding hydrogens is 186 g/mol. The van der Waals surface area contributed by atoms with E-state index in [1.807, 2.05) is 6.33 Å². The van der Waals surface area contributed by atoms with Gasteiger partial charge in [0, 0.05) is 6.92 Å². The highest BCUT2D eigenvalue weighted by atomic mass is 35.5. The second-order valence-electron chi connectivity index (χ2n) is 3.62. The fourth-order valence-corrected chi connectivity index (χ4v) is 2.04. The maximum absolute atomic E-state index is 5.73. The number of nitrogens with one attached hydrogen (secondary N) is 1. The number of nitrogen functional groups attached to an aromatic ring is 1. The second kappa shape index (κ2) is 4.01. The lowest BCUT2D eigenvalue weighted by Gasteiger charge is -2.05. The Morgan fingerprint density at radius 2 is 2.08 bits per heavy atom. The fraction of sp³-hybridized carbons (Fsp3) is 0.667. The van der Waals surface area contributed by atoms with Crippen LogP contribution in [0.4, 0.5) is 5.82 Å². The zero-order valence-corrected chi connectivity index (χ0v) is 8.64. The topological polar surface area (TPSA) is 45.7 Å². The summed E-state index contributed by atoms with van der Waals surface area (Å²) in [4.78, 5) is 3.05. The van der Waals surface area contributed by atoms with E-state index in [-0.39, 0.29) is 12.4 Å². The molecule has 0 unspecified atom stereocenters. The van der Waals surface area contributed by atoms with Crippen LogP contribution in [0.15, 0.2) is 6.33 Å². The van der Waals surface area contributed by atoms with Crippen LogP contribution in [-0.2, 0) is 0 Å². The predicted octanol–water partition coefficient (Wildman–Crippen LogP) is -1.69. The number of halogens is 1. The van der Waals surface area contributed by atoms with Gasteiger partial charge in [0.05, 0.1) is 0 Å². The summed E-state index contributed by atoms with van der Waals surface area (Å²) in [5.41, 5.74) is 6.91. The van der Waals surface area contributed by atoms with Crippen LogP contribution in [-0.4, -0.2) is 4.98 Å². The molecule has 1 fully saturated rings. The van der Waals surface area contributed by atoms with Crippen LogP contribution in [0.5, 0.6) is 0 Å². The molecule has 1 aromatic rings. The van der Waals surface area contributed by atoms with Gasteiger partial charge in [-0.15, -0.1) is 0 Å². The molecule has 1 heterocycles. The average molecular weight is 202 g/mol. The lowest BCUT2D eigenvalue weighted by molar-refractivity contribution is -0.725. The molecule has 0 aromatic carbocycles. The maximum Gasteiger partial charge on any atom is 0.243 e. The predicted molar refractivity (Wildman–Crippen MR) is 47.6 cm³/mol. The van der Waals surface area contributed by atoms with Gasteiger partial charge in [0.2, 0.25) is 12.1 Å². The van der Waals surface area contributed by atoms with Gasteiger partial charge in [0.25, 0.3) is 0 Å². The number of imidazole rings is 1. The van der Waals surface area contributed by atoms with Crippen molar-refractivity contribution in [3.05, 3.63) is 12.0 Å². The van der Waals surface area contributed by atoms with Gasteiger partial charge in [0.1, 0.15) is 6.04 Å². The van der Waals surface area contributed by atoms with E-state index in [9.17, 15) is 0 Å². The van der Waals surface area contributed by atoms with Crippen LogP contribution >= 0.6 is 0 Å². The Kier molecular flexibility index (Phi) is 3.20. The largest absolute Gasteiger partial charge is 1.00 e. The number of rotatable bonds is 1. The molecule has 0 amide bonds. The molecule has 0 saturated heterocycles. The number of anilines is 1. The van der Waals surface area contributed by atoms with Gasteiger partial charge in [-0.1, -0.05) is 0 Å². The molecule has 2 rings (SSSR count). The highest BCUT2D eigenvalue weighted by Gasteiger charge is 2.24. The standard InChI is InChI=1S/C9H15N3.ClH/c1-7-9(10)11-6-12(7)8-4-2-3-5-8;/h6,8H,2-5,10H2,1H3;1H. The molecule has 0 radical (unpaired) electrons. The molecule has 0 bridgehead atoms. The van der Waals surface area contributed by atoms with E-state index in [4.69, 9.17) is 5.73 Å². The molecule has 3 nitrogen and oxygen atoms in total. The lowest BCUT2D eigenvalue weighted by Crippen LogP contribution is -3.00. The number of hydrogen-bond donors (Lipinski definition) is 2. The van der Waals surface area contributed by atoms with Gasteiger partial charge >= 0.3 is 0 Å². The molecule has 1 saturated carbocycles. The Bertz CT molecular complexity index is 276. The minimum Gasteiger partial charge on any atom is -1.00 e. The summed E-state index contributed by atoms with van der Waals surface area (Å²) in [6.45, 7) is 2.07. The lowest BCUT2D eigenvalue weighted by atomic mass is 10.2.